The van der Waals surface area contributed by atoms with Crippen LogP contribution in [0.25, 0.3) is 0 Å². The third-order valence-corrected chi connectivity index (χ3v) is 3.54. The largest absolute Gasteiger partial charge is 0.399 e. The molecule has 1 aliphatic rings. The van der Waals surface area contributed by atoms with Gasteiger partial charge in [0.2, 0.25) is 0 Å². The first-order valence-electron chi connectivity index (χ1n) is 8.05. The van der Waals surface area contributed by atoms with Crippen molar-refractivity contribution in [1.82, 2.24) is 0 Å². The van der Waals surface area contributed by atoms with E-state index in [1.165, 1.54) is 11.1 Å². The van der Waals surface area contributed by atoms with E-state index in [-0.39, 0.29) is 6.84 Å². The zero-order chi connectivity index (χ0) is 16.5. The zero-order valence-electron chi connectivity index (χ0n) is 15.2. The van der Waals surface area contributed by atoms with Crippen molar-refractivity contribution in [2.75, 3.05) is 7.11 Å². The Morgan fingerprint density at radius 1 is 1.19 bits per heavy atom. The van der Waals surface area contributed by atoms with Crippen LogP contribution < -0.4 is 0 Å². The lowest BCUT2D eigenvalue weighted by Gasteiger charge is -2.25. The molecule has 0 saturated carbocycles. The lowest BCUT2D eigenvalue weighted by atomic mass is 9.80. The summed E-state index contributed by atoms with van der Waals surface area (Å²) in [5.74, 6) is 0.530. The molecule has 2 heteroatoms. The first-order valence-corrected chi connectivity index (χ1v) is 8.05. The minimum absolute atomic E-state index is 0. The summed E-state index contributed by atoms with van der Waals surface area (Å²) in [7, 11) is 1.62. The second kappa shape index (κ2) is 9.59. The molecular formula is C19H35NO. The molecule has 0 fully saturated rings. The van der Waals surface area contributed by atoms with Crippen molar-refractivity contribution >= 4 is 5.71 Å². The molecule has 0 aromatic carbocycles. The number of allylic oxidation sites excluding steroid dienone is 6. The van der Waals surface area contributed by atoms with Gasteiger partial charge in [-0.2, -0.15) is 0 Å². The Morgan fingerprint density at radius 2 is 1.76 bits per heavy atom. The van der Waals surface area contributed by atoms with E-state index in [0.717, 1.165) is 18.6 Å². The van der Waals surface area contributed by atoms with E-state index in [1.807, 2.05) is 20.8 Å². The van der Waals surface area contributed by atoms with E-state index in [9.17, 15) is 0 Å². The highest BCUT2D eigenvalue weighted by Crippen LogP contribution is 2.39. The van der Waals surface area contributed by atoms with E-state index in [4.69, 9.17) is 4.84 Å². The molecule has 0 N–H and O–H groups in total. The summed E-state index contributed by atoms with van der Waals surface area (Å²) < 4.78 is 0. The third kappa shape index (κ3) is 5.91. The lowest BCUT2D eigenvalue weighted by Crippen LogP contribution is -2.17. The Bertz CT molecular complexity index is 431. The van der Waals surface area contributed by atoms with Gasteiger partial charge in [0.15, 0.2) is 0 Å². The first kappa shape index (κ1) is 19.7. The van der Waals surface area contributed by atoms with Crippen LogP contribution in [-0.4, -0.2) is 12.8 Å². The molecule has 2 nitrogen and oxygen atoms in total. The molecule has 1 rings (SSSR count). The standard InChI is InChI=1S/C17H27NO.C2H6.H2/c1-7-9-14-13(3)11-17(4,5)12-16(18-19-6)15(14)10-8-2;1-2;/h7-10,13H,11-12H2,1-6H3;1-2H3;1H/b9-7-,10-8-,18-16+;;. The summed E-state index contributed by atoms with van der Waals surface area (Å²) >= 11 is 0. The van der Waals surface area contributed by atoms with E-state index in [0.29, 0.717) is 5.92 Å². The number of hydrogen-bond acceptors (Lipinski definition) is 2. The monoisotopic (exact) mass is 293 g/mol. The summed E-state index contributed by atoms with van der Waals surface area (Å²) in [4.78, 5) is 5.06. The fourth-order valence-electron chi connectivity index (χ4n) is 2.98. The normalized spacial score (nSPS) is 24.2. The van der Waals surface area contributed by atoms with Crippen LogP contribution in [-0.2, 0) is 4.84 Å². The SMILES string of the molecule is C/C=C\C1=C(/C=C\C)C(C)CC(C)(C)C/C1=N\OC.CC.[HH]. The van der Waals surface area contributed by atoms with Gasteiger partial charge in [-0.15, -0.1) is 0 Å². The number of hydrogen-bond donors (Lipinski definition) is 0. The molecule has 21 heavy (non-hydrogen) atoms. The zero-order valence-corrected chi connectivity index (χ0v) is 15.2. The van der Waals surface area contributed by atoms with Crippen molar-refractivity contribution in [2.24, 2.45) is 16.5 Å². The van der Waals surface area contributed by atoms with Gasteiger partial charge in [0.25, 0.3) is 0 Å². The highest BCUT2D eigenvalue weighted by Gasteiger charge is 2.31. The van der Waals surface area contributed by atoms with Gasteiger partial charge < -0.3 is 4.84 Å². The van der Waals surface area contributed by atoms with Crippen molar-refractivity contribution in [3.05, 3.63) is 35.5 Å². The Kier molecular flexibility index (Phi) is 9.00. The number of rotatable bonds is 3. The Hall–Kier alpha value is -1.31. The highest BCUT2D eigenvalue weighted by atomic mass is 16.6. The molecule has 1 atom stereocenters. The summed E-state index contributed by atoms with van der Waals surface area (Å²) in [5.41, 5.74) is 3.89. The average molecular weight is 293 g/mol. The van der Waals surface area contributed by atoms with Gasteiger partial charge in [0.1, 0.15) is 7.11 Å². The minimum Gasteiger partial charge on any atom is -0.399 e. The van der Waals surface area contributed by atoms with Gasteiger partial charge in [0.05, 0.1) is 5.71 Å². The summed E-state index contributed by atoms with van der Waals surface area (Å²) in [6.07, 6.45) is 10.7. The molecule has 0 aromatic rings. The quantitative estimate of drug-likeness (QED) is 0.570. The van der Waals surface area contributed by atoms with Gasteiger partial charge in [-0.3, -0.25) is 0 Å². The lowest BCUT2D eigenvalue weighted by molar-refractivity contribution is 0.210. The van der Waals surface area contributed by atoms with Gasteiger partial charge >= 0.3 is 0 Å². The molecule has 0 saturated heterocycles. The van der Waals surface area contributed by atoms with Gasteiger partial charge in [-0.1, -0.05) is 64.1 Å². The number of nitrogens with zero attached hydrogens (tertiary/aromatic N) is 1. The molecular weight excluding hydrogens is 258 g/mol. The Morgan fingerprint density at radius 3 is 2.24 bits per heavy atom. The molecule has 1 unspecified atom stereocenters. The van der Waals surface area contributed by atoms with Gasteiger partial charge in [-0.05, 0) is 43.6 Å². The van der Waals surface area contributed by atoms with Gasteiger partial charge in [-0.25, -0.2) is 0 Å². The van der Waals surface area contributed by atoms with E-state index in [2.05, 4.69) is 57.2 Å². The molecule has 0 heterocycles. The van der Waals surface area contributed by atoms with Gasteiger partial charge in [0, 0.05) is 7.00 Å². The Labute approximate surface area is 133 Å². The summed E-state index contributed by atoms with van der Waals surface area (Å²) in [5, 5.41) is 4.28. The molecule has 122 valence electrons. The summed E-state index contributed by atoms with van der Waals surface area (Å²) in [6, 6.07) is 0. The maximum atomic E-state index is 5.06. The highest BCUT2D eigenvalue weighted by molar-refractivity contribution is 6.04. The van der Waals surface area contributed by atoms with Crippen LogP contribution in [0.5, 0.6) is 0 Å². The fourth-order valence-corrected chi connectivity index (χ4v) is 2.98. The molecule has 0 amide bonds. The van der Waals surface area contributed by atoms with E-state index in [1.54, 1.807) is 7.11 Å². The molecule has 0 bridgehead atoms. The van der Waals surface area contributed by atoms with Crippen molar-refractivity contribution in [2.45, 2.75) is 61.3 Å². The van der Waals surface area contributed by atoms with Crippen LogP contribution in [0.1, 0.15) is 62.7 Å². The van der Waals surface area contributed by atoms with Crippen LogP contribution in [0, 0.1) is 11.3 Å². The number of oxime groups is 1. The maximum absolute atomic E-state index is 5.06. The molecule has 0 spiro atoms. The fraction of sp³-hybridized carbons (Fsp3) is 0.632. The van der Waals surface area contributed by atoms with Crippen LogP contribution >= 0.6 is 0 Å². The topological polar surface area (TPSA) is 21.6 Å². The van der Waals surface area contributed by atoms with Crippen molar-refractivity contribution < 1.29 is 6.26 Å². The average Bonchev–Trinajstić information content (AvgIpc) is 2.51. The minimum atomic E-state index is 0. The van der Waals surface area contributed by atoms with Crippen molar-refractivity contribution in [1.29, 1.82) is 0 Å². The predicted molar refractivity (Wildman–Crippen MR) is 96.7 cm³/mol. The predicted octanol–water partition coefficient (Wildman–Crippen LogP) is 6.17. The third-order valence-electron chi connectivity index (χ3n) is 3.54. The van der Waals surface area contributed by atoms with E-state index >= 15 is 0 Å². The molecule has 0 aromatic heterocycles. The first-order chi connectivity index (χ1) is 9.95. The second-order valence-electron chi connectivity index (χ2n) is 6.04. The van der Waals surface area contributed by atoms with Crippen molar-refractivity contribution in [3.63, 3.8) is 0 Å². The van der Waals surface area contributed by atoms with Crippen molar-refractivity contribution in [3.8, 4) is 0 Å². The molecule has 0 aliphatic heterocycles. The smallest absolute Gasteiger partial charge is 0.106 e. The second-order valence-corrected chi connectivity index (χ2v) is 6.04. The molecule has 1 aliphatic carbocycles. The van der Waals surface area contributed by atoms with Crippen LogP contribution in [0.15, 0.2) is 40.6 Å². The van der Waals surface area contributed by atoms with Crippen LogP contribution in [0.3, 0.4) is 0 Å². The van der Waals surface area contributed by atoms with Crippen LogP contribution in [0.2, 0.25) is 0 Å². The Balaban J connectivity index is 0. The summed E-state index contributed by atoms with van der Waals surface area (Å²) in [6.45, 7) is 15.0. The van der Waals surface area contributed by atoms with Crippen LogP contribution in [0.4, 0.5) is 0 Å². The molecule has 0 radical (unpaired) electrons. The van der Waals surface area contributed by atoms with E-state index < -0.39 is 0 Å². The maximum Gasteiger partial charge on any atom is 0.106 e.